The highest BCUT2D eigenvalue weighted by Gasteiger charge is 2.42. The Morgan fingerprint density at radius 3 is 2.48 bits per heavy atom. The number of hydrogen-bond acceptors (Lipinski definition) is 3. The summed E-state index contributed by atoms with van der Waals surface area (Å²) in [6, 6.07) is 7.80. The molecule has 23 heavy (non-hydrogen) atoms. The van der Waals surface area contributed by atoms with Gasteiger partial charge in [0.25, 0.3) is 0 Å². The topological polar surface area (TPSA) is 49.9 Å². The molecule has 1 aliphatic rings. The predicted octanol–water partition coefficient (Wildman–Crippen LogP) is 2.23. The lowest BCUT2D eigenvalue weighted by atomic mass is 9.89. The largest absolute Gasteiger partial charge is 0.378 e. The Labute approximate surface area is 138 Å². The van der Waals surface area contributed by atoms with Crippen molar-refractivity contribution < 1.29 is 14.3 Å². The van der Waals surface area contributed by atoms with Crippen LogP contribution in [0.3, 0.4) is 0 Å². The number of rotatable bonds is 4. The molecule has 0 unspecified atom stereocenters. The molecule has 1 fully saturated rings. The molecular weight excluding hydrogens is 292 g/mol. The molecular formula is C18H26N2O3. The zero-order chi connectivity index (χ0) is 17.0. The molecule has 1 aliphatic heterocycles. The van der Waals surface area contributed by atoms with E-state index in [1.807, 2.05) is 38.1 Å². The van der Waals surface area contributed by atoms with E-state index in [1.165, 1.54) is 0 Å². The van der Waals surface area contributed by atoms with Crippen LogP contribution in [0.25, 0.3) is 0 Å². The van der Waals surface area contributed by atoms with Gasteiger partial charge in [-0.05, 0) is 45.4 Å². The first-order valence-corrected chi connectivity index (χ1v) is 8.13. The molecule has 0 bridgehead atoms. The first kappa shape index (κ1) is 17.5. The molecule has 0 spiro atoms. The normalized spacial score (nSPS) is 15.4. The van der Waals surface area contributed by atoms with Crippen molar-refractivity contribution in [2.24, 2.45) is 5.41 Å². The van der Waals surface area contributed by atoms with E-state index >= 15 is 0 Å². The summed E-state index contributed by atoms with van der Waals surface area (Å²) in [6.45, 7) is 10.0. The third kappa shape index (κ3) is 3.72. The molecule has 0 atom stereocenters. The van der Waals surface area contributed by atoms with E-state index in [2.05, 4.69) is 0 Å². The molecule has 126 valence electrons. The standard InChI is InChI=1S/C18H26N2O3/c1-5-20(15-8-6-7-14(2)13-15)17(22)18(3,4)16(21)19-9-11-23-12-10-19/h6-8,13H,5,9-12H2,1-4H3. The number of benzene rings is 1. The van der Waals surface area contributed by atoms with Gasteiger partial charge in [-0.25, -0.2) is 0 Å². The van der Waals surface area contributed by atoms with Gasteiger partial charge >= 0.3 is 0 Å². The van der Waals surface area contributed by atoms with Crippen LogP contribution in [0.2, 0.25) is 0 Å². The molecule has 0 radical (unpaired) electrons. The lowest BCUT2D eigenvalue weighted by Crippen LogP contribution is -2.53. The number of ether oxygens (including phenoxy) is 1. The van der Waals surface area contributed by atoms with Gasteiger partial charge in [-0.1, -0.05) is 12.1 Å². The van der Waals surface area contributed by atoms with E-state index in [9.17, 15) is 9.59 Å². The summed E-state index contributed by atoms with van der Waals surface area (Å²) in [5, 5.41) is 0. The van der Waals surface area contributed by atoms with Gasteiger partial charge in [0, 0.05) is 25.3 Å². The van der Waals surface area contributed by atoms with Crippen molar-refractivity contribution in [3.63, 3.8) is 0 Å². The van der Waals surface area contributed by atoms with Crippen molar-refractivity contribution in [3.8, 4) is 0 Å². The number of amides is 2. The number of anilines is 1. The summed E-state index contributed by atoms with van der Waals surface area (Å²) >= 11 is 0. The van der Waals surface area contributed by atoms with Crippen LogP contribution < -0.4 is 4.90 Å². The Hall–Kier alpha value is -1.88. The number of hydrogen-bond donors (Lipinski definition) is 0. The van der Waals surface area contributed by atoms with Gasteiger partial charge in [0.05, 0.1) is 13.2 Å². The van der Waals surface area contributed by atoms with Gasteiger partial charge in [-0.2, -0.15) is 0 Å². The van der Waals surface area contributed by atoms with Crippen molar-refractivity contribution in [1.29, 1.82) is 0 Å². The monoisotopic (exact) mass is 318 g/mol. The molecule has 1 heterocycles. The average molecular weight is 318 g/mol. The highest BCUT2D eigenvalue weighted by atomic mass is 16.5. The van der Waals surface area contributed by atoms with Crippen LogP contribution in [-0.2, 0) is 14.3 Å². The molecule has 0 saturated carbocycles. The average Bonchev–Trinajstić information content (AvgIpc) is 2.55. The van der Waals surface area contributed by atoms with Crippen molar-refractivity contribution in [3.05, 3.63) is 29.8 Å². The van der Waals surface area contributed by atoms with Crippen LogP contribution in [-0.4, -0.2) is 49.6 Å². The van der Waals surface area contributed by atoms with Crippen LogP contribution in [0.5, 0.6) is 0 Å². The molecule has 0 aliphatic carbocycles. The number of carbonyl (C=O) groups excluding carboxylic acids is 2. The maximum atomic E-state index is 13.0. The number of morpholine rings is 1. The van der Waals surface area contributed by atoms with E-state index in [4.69, 9.17) is 4.74 Å². The van der Waals surface area contributed by atoms with E-state index in [0.717, 1.165) is 11.3 Å². The summed E-state index contributed by atoms with van der Waals surface area (Å²) in [5.41, 5.74) is 0.836. The Kier molecular flexibility index (Phi) is 5.42. The Morgan fingerprint density at radius 2 is 1.91 bits per heavy atom. The lowest BCUT2D eigenvalue weighted by Gasteiger charge is -2.36. The number of carbonyl (C=O) groups is 2. The minimum atomic E-state index is -1.09. The second-order valence-electron chi connectivity index (χ2n) is 6.42. The quantitative estimate of drug-likeness (QED) is 0.800. The Balaban J connectivity index is 2.22. The molecule has 1 aromatic rings. The first-order valence-electron chi connectivity index (χ1n) is 8.13. The van der Waals surface area contributed by atoms with Crippen molar-refractivity contribution >= 4 is 17.5 Å². The smallest absolute Gasteiger partial charge is 0.242 e. The molecule has 2 amide bonds. The van der Waals surface area contributed by atoms with Gasteiger partial charge in [-0.15, -0.1) is 0 Å². The van der Waals surface area contributed by atoms with E-state index < -0.39 is 5.41 Å². The molecule has 0 N–H and O–H groups in total. The molecule has 5 heteroatoms. The van der Waals surface area contributed by atoms with E-state index in [-0.39, 0.29) is 11.8 Å². The molecule has 5 nitrogen and oxygen atoms in total. The second-order valence-corrected chi connectivity index (χ2v) is 6.42. The van der Waals surface area contributed by atoms with Gasteiger partial charge in [0.1, 0.15) is 5.41 Å². The minimum Gasteiger partial charge on any atom is -0.378 e. The number of aryl methyl sites for hydroxylation is 1. The highest BCUT2D eigenvalue weighted by Crippen LogP contribution is 2.27. The Bertz CT molecular complexity index is 577. The predicted molar refractivity (Wildman–Crippen MR) is 90.4 cm³/mol. The SMILES string of the molecule is CCN(C(=O)C(C)(C)C(=O)N1CCOCC1)c1cccc(C)c1. The zero-order valence-corrected chi connectivity index (χ0v) is 14.5. The van der Waals surface area contributed by atoms with Crippen LogP contribution in [0.1, 0.15) is 26.3 Å². The van der Waals surface area contributed by atoms with Gasteiger partial charge in [0.2, 0.25) is 11.8 Å². The summed E-state index contributed by atoms with van der Waals surface area (Å²) in [7, 11) is 0. The summed E-state index contributed by atoms with van der Waals surface area (Å²) < 4.78 is 5.28. The Morgan fingerprint density at radius 1 is 1.26 bits per heavy atom. The van der Waals surface area contributed by atoms with Crippen LogP contribution in [0.15, 0.2) is 24.3 Å². The van der Waals surface area contributed by atoms with Crippen molar-refractivity contribution in [1.82, 2.24) is 4.90 Å². The molecule has 2 rings (SSSR count). The van der Waals surface area contributed by atoms with E-state index in [0.29, 0.717) is 32.8 Å². The molecule has 1 saturated heterocycles. The third-order valence-corrected chi connectivity index (χ3v) is 4.24. The third-order valence-electron chi connectivity index (χ3n) is 4.24. The summed E-state index contributed by atoms with van der Waals surface area (Å²) in [5.74, 6) is -0.293. The number of nitrogens with zero attached hydrogens (tertiary/aromatic N) is 2. The van der Waals surface area contributed by atoms with Crippen LogP contribution in [0, 0.1) is 12.3 Å². The molecule has 0 aromatic heterocycles. The summed E-state index contributed by atoms with van der Waals surface area (Å²) in [6.07, 6.45) is 0. The first-order chi connectivity index (χ1) is 10.9. The van der Waals surface area contributed by atoms with E-state index in [1.54, 1.807) is 23.6 Å². The maximum absolute atomic E-state index is 13.0. The fraction of sp³-hybridized carbons (Fsp3) is 0.556. The second kappa shape index (κ2) is 7.13. The lowest BCUT2D eigenvalue weighted by molar-refractivity contribution is -0.150. The van der Waals surface area contributed by atoms with Crippen molar-refractivity contribution in [2.45, 2.75) is 27.7 Å². The van der Waals surface area contributed by atoms with Gasteiger partial charge in [-0.3, -0.25) is 9.59 Å². The van der Waals surface area contributed by atoms with Crippen LogP contribution >= 0.6 is 0 Å². The van der Waals surface area contributed by atoms with Crippen LogP contribution in [0.4, 0.5) is 5.69 Å². The fourth-order valence-electron chi connectivity index (χ4n) is 2.83. The van der Waals surface area contributed by atoms with Gasteiger partial charge < -0.3 is 14.5 Å². The molecule has 1 aromatic carbocycles. The van der Waals surface area contributed by atoms with Crippen molar-refractivity contribution in [2.75, 3.05) is 37.7 Å². The summed E-state index contributed by atoms with van der Waals surface area (Å²) in [4.78, 5) is 29.3. The maximum Gasteiger partial charge on any atom is 0.242 e. The highest BCUT2D eigenvalue weighted by molar-refractivity contribution is 6.11. The van der Waals surface area contributed by atoms with Gasteiger partial charge in [0.15, 0.2) is 0 Å². The minimum absolute atomic E-state index is 0.128. The fourth-order valence-corrected chi connectivity index (χ4v) is 2.83. The zero-order valence-electron chi connectivity index (χ0n) is 14.5.